The predicted molar refractivity (Wildman–Crippen MR) is 107 cm³/mol. The maximum absolute atomic E-state index is 12.0. The van der Waals surface area contributed by atoms with Gasteiger partial charge in [0, 0.05) is 29.9 Å². The standard InChI is InChI=1S/C19H23N3O4.ClH/c1-13(11-20)21-19(24)14-6-8-16(9-7-14)26-12-18(23)22-15-4-3-5-17(10-15)25-2;/h3-10,13H,11-12,20H2,1-2H3,(H,21,24)(H,22,23);1H/t13-;/m0./s1. The van der Waals surface area contributed by atoms with Crippen LogP contribution >= 0.6 is 12.4 Å². The summed E-state index contributed by atoms with van der Waals surface area (Å²) in [7, 11) is 1.56. The van der Waals surface area contributed by atoms with E-state index in [1.165, 1.54) is 0 Å². The Morgan fingerprint density at radius 2 is 1.81 bits per heavy atom. The molecule has 0 aliphatic rings. The van der Waals surface area contributed by atoms with Crippen LogP contribution in [0, 0.1) is 0 Å². The van der Waals surface area contributed by atoms with Crippen molar-refractivity contribution in [3.63, 3.8) is 0 Å². The highest BCUT2D eigenvalue weighted by atomic mass is 35.5. The van der Waals surface area contributed by atoms with Gasteiger partial charge in [0.2, 0.25) is 0 Å². The molecule has 1 atom stereocenters. The van der Waals surface area contributed by atoms with E-state index in [9.17, 15) is 9.59 Å². The third-order valence-corrected chi connectivity index (χ3v) is 3.57. The van der Waals surface area contributed by atoms with Crippen LogP contribution in [0.25, 0.3) is 0 Å². The summed E-state index contributed by atoms with van der Waals surface area (Å²) in [6.07, 6.45) is 0. The van der Waals surface area contributed by atoms with Crippen molar-refractivity contribution >= 4 is 29.9 Å². The van der Waals surface area contributed by atoms with Crippen molar-refractivity contribution in [2.24, 2.45) is 5.73 Å². The number of anilines is 1. The minimum absolute atomic E-state index is 0. The number of benzene rings is 2. The van der Waals surface area contributed by atoms with Gasteiger partial charge in [0.1, 0.15) is 11.5 Å². The predicted octanol–water partition coefficient (Wildman–Crippen LogP) is 2.21. The molecule has 0 heterocycles. The van der Waals surface area contributed by atoms with Gasteiger partial charge in [-0.3, -0.25) is 9.59 Å². The first-order chi connectivity index (χ1) is 12.5. The number of carbonyl (C=O) groups is 2. The topological polar surface area (TPSA) is 103 Å². The molecule has 0 aliphatic carbocycles. The molecule has 2 aromatic carbocycles. The van der Waals surface area contributed by atoms with E-state index in [1.54, 1.807) is 55.6 Å². The molecule has 7 nitrogen and oxygen atoms in total. The summed E-state index contributed by atoms with van der Waals surface area (Å²) in [4.78, 5) is 23.9. The fourth-order valence-electron chi connectivity index (χ4n) is 2.12. The quantitative estimate of drug-likeness (QED) is 0.638. The van der Waals surface area contributed by atoms with Crippen molar-refractivity contribution in [2.45, 2.75) is 13.0 Å². The van der Waals surface area contributed by atoms with Crippen molar-refractivity contribution in [3.05, 3.63) is 54.1 Å². The van der Waals surface area contributed by atoms with E-state index < -0.39 is 0 Å². The van der Waals surface area contributed by atoms with Gasteiger partial charge >= 0.3 is 0 Å². The minimum Gasteiger partial charge on any atom is -0.497 e. The number of nitrogens with two attached hydrogens (primary N) is 1. The van der Waals surface area contributed by atoms with Gasteiger partial charge in [0.25, 0.3) is 11.8 Å². The van der Waals surface area contributed by atoms with Crippen LogP contribution in [0.2, 0.25) is 0 Å². The Morgan fingerprint density at radius 1 is 1.11 bits per heavy atom. The van der Waals surface area contributed by atoms with Gasteiger partial charge < -0.3 is 25.8 Å². The fraction of sp³-hybridized carbons (Fsp3) is 0.263. The second-order valence-corrected chi connectivity index (χ2v) is 5.70. The molecule has 2 aromatic rings. The number of ether oxygens (including phenoxy) is 2. The van der Waals surface area contributed by atoms with E-state index in [4.69, 9.17) is 15.2 Å². The smallest absolute Gasteiger partial charge is 0.262 e. The normalized spacial score (nSPS) is 10.9. The number of hydrogen-bond donors (Lipinski definition) is 3. The zero-order valence-corrected chi connectivity index (χ0v) is 16.0. The van der Waals surface area contributed by atoms with E-state index in [0.717, 1.165) is 0 Å². The van der Waals surface area contributed by atoms with E-state index in [0.29, 0.717) is 29.3 Å². The Balaban J connectivity index is 0.00000364. The molecule has 0 radical (unpaired) electrons. The maximum atomic E-state index is 12.0. The van der Waals surface area contributed by atoms with Crippen LogP contribution in [0.5, 0.6) is 11.5 Å². The molecule has 0 aliphatic heterocycles. The van der Waals surface area contributed by atoms with Crippen molar-refractivity contribution in [1.82, 2.24) is 5.32 Å². The Labute approximate surface area is 164 Å². The fourth-order valence-corrected chi connectivity index (χ4v) is 2.12. The molecular weight excluding hydrogens is 370 g/mol. The summed E-state index contributed by atoms with van der Waals surface area (Å²) in [6, 6.07) is 13.5. The van der Waals surface area contributed by atoms with E-state index in [-0.39, 0.29) is 36.9 Å². The number of methoxy groups -OCH3 is 1. The Morgan fingerprint density at radius 3 is 2.44 bits per heavy atom. The summed E-state index contributed by atoms with van der Waals surface area (Å²) in [5.41, 5.74) is 6.60. The van der Waals surface area contributed by atoms with Crippen LogP contribution in [-0.2, 0) is 4.79 Å². The van der Waals surface area contributed by atoms with Crippen LogP contribution < -0.4 is 25.8 Å². The van der Waals surface area contributed by atoms with Gasteiger partial charge in [-0.05, 0) is 43.3 Å². The van der Waals surface area contributed by atoms with Gasteiger partial charge in [0.05, 0.1) is 7.11 Å². The van der Waals surface area contributed by atoms with Gasteiger partial charge in [-0.2, -0.15) is 0 Å². The van der Waals surface area contributed by atoms with Crippen LogP contribution in [0.15, 0.2) is 48.5 Å². The Bertz CT molecular complexity index is 753. The molecule has 0 saturated heterocycles. The maximum Gasteiger partial charge on any atom is 0.262 e. The number of hydrogen-bond acceptors (Lipinski definition) is 5. The van der Waals surface area contributed by atoms with Gasteiger partial charge in [-0.1, -0.05) is 6.07 Å². The highest BCUT2D eigenvalue weighted by molar-refractivity contribution is 5.94. The molecule has 0 saturated carbocycles. The number of carbonyl (C=O) groups excluding carboxylic acids is 2. The lowest BCUT2D eigenvalue weighted by molar-refractivity contribution is -0.118. The summed E-state index contributed by atoms with van der Waals surface area (Å²) < 4.78 is 10.5. The molecule has 0 unspecified atom stereocenters. The average Bonchev–Trinajstić information content (AvgIpc) is 2.66. The van der Waals surface area contributed by atoms with Crippen LogP contribution in [0.3, 0.4) is 0 Å². The SMILES string of the molecule is COc1cccc(NC(=O)COc2ccc(C(=O)N[C@@H](C)CN)cc2)c1.Cl. The molecule has 0 fully saturated rings. The first-order valence-corrected chi connectivity index (χ1v) is 8.19. The van der Waals surface area contributed by atoms with Gasteiger partial charge in [-0.25, -0.2) is 0 Å². The molecule has 2 amide bonds. The number of rotatable bonds is 8. The summed E-state index contributed by atoms with van der Waals surface area (Å²) in [5.74, 6) is 0.651. The highest BCUT2D eigenvalue weighted by Gasteiger charge is 2.09. The summed E-state index contributed by atoms with van der Waals surface area (Å²) in [6.45, 7) is 2.05. The van der Waals surface area contributed by atoms with Crippen molar-refractivity contribution < 1.29 is 19.1 Å². The second kappa shape index (κ2) is 11.1. The Hall–Kier alpha value is -2.77. The highest BCUT2D eigenvalue weighted by Crippen LogP contribution is 2.17. The first-order valence-electron chi connectivity index (χ1n) is 8.19. The van der Waals surface area contributed by atoms with E-state index in [1.807, 2.05) is 6.92 Å². The van der Waals surface area contributed by atoms with Gasteiger partial charge in [-0.15, -0.1) is 12.4 Å². The third kappa shape index (κ3) is 7.16. The minimum atomic E-state index is -0.295. The summed E-state index contributed by atoms with van der Waals surface area (Å²) in [5, 5.41) is 5.50. The zero-order chi connectivity index (χ0) is 18.9. The van der Waals surface area contributed by atoms with Crippen molar-refractivity contribution in [3.8, 4) is 11.5 Å². The molecule has 4 N–H and O–H groups in total. The first kappa shape index (κ1) is 22.3. The number of amides is 2. The second-order valence-electron chi connectivity index (χ2n) is 5.70. The lowest BCUT2D eigenvalue weighted by atomic mass is 10.2. The van der Waals surface area contributed by atoms with E-state index in [2.05, 4.69) is 10.6 Å². The van der Waals surface area contributed by atoms with Crippen molar-refractivity contribution in [1.29, 1.82) is 0 Å². The van der Waals surface area contributed by atoms with Crippen LogP contribution in [0.1, 0.15) is 17.3 Å². The molecule has 0 bridgehead atoms. The average molecular weight is 394 g/mol. The zero-order valence-electron chi connectivity index (χ0n) is 15.2. The van der Waals surface area contributed by atoms with Gasteiger partial charge in [0.15, 0.2) is 6.61 Å². The molecule has 8 heteroatoms. The molecule has 0 spiro atoms. The molecule has 0 aromatic heterocycles. The third-order valence-electron chi connectivity index (χ3n) is 3.57. The van der Waals surface area contributed by atoms with Crippen LogP contribution in [0.4, 0.5) is 5.69 Å². The molecule has 27 heavy (non-hydrogen) atoms. The Kier molecular flexibility index (Phi) is 9.12. The number of halogens is 1. The molecule has 146 valence electrons. The largest absolute Gasteiger partial charge is 0.497 e. The van der Waals surface area contributed by atoms with E-state index >= 15 is 0 Å². The monoisotopic (exact) mass is 393 g/mol. The number of nitrogens with one attached hydrogen (secondary N) is 2. The van der Waals surface area contributed by atoms with Crippen molar-refractivity contribution in [2.75, 3.05) is 25.6 Å². The summed E-state index contributed by atoms with van der Waals surface area (Å²) >= 11 is 0. The lowest BCUT2D eigenvalue weighted by Gasteiger charge is -2.12. The molecular formula is C19H24ClN3O4. The van der Waals surface area contributed by atoms with Crippen LogP contribution in [-0.4, -0.2) is 38.1 Å². The molecule has 2 rings (SSSR count). The lowest BCUT2D eigenvalue weighted by Crippen LogP contribution is -2.37.